The van der Waals surface area contributed by atoms with Crippen molar-refractivity contribution in [3.8, 4) is 0 Å². The van der Waals surface area contributed by atoms with Gasteiger partial charge in [0, 0.05) is 0 Å². The molecule has 16 heavy (non-hydrogen) atoms. The lowest BCUT2D eigenvalue weighted by Crippen LogP contribution is -2.59. The molecule has 0 aromatic heterocycles. The Bertz CT molecular complexity index is 296. The predicted octanol–water partition coefficient (Wildman–Crippen LogP) is 3.61. The Morgan fingerprint density at radius 1 is 1.00 bits per heavy atom. The van der Waals surface area contributed by atoms with E-state index >= 15 is 0 Å². The van der Waals surface area contributed by atoms with Gasteiger partial charge < -0.3 is 5.11 Å². The molecule has 0 bridgehead atoms. The second-order valence-electron chi connectivity index (χ2n) is 7.37. The van der Waals surface area contributed by atoms with Gasteiger partial charge in [-0.2, -0.15) is 0 Å². The highest BCUT2D eigenvalue weighted by Gasteiger charge is 2.70. The first-order chi connectivity index (χ1) is 7.48. The number of fused-ring (bicyclic) bond motifs is 4. The summed E-state index contributed by atoms with van der Waals surface area (Å²) in [6, 6.07) is 0. The van der Waals surface area contributed by atoms with Crippen molar-refractivity contribution < 1.29 is 5.11 Å². The Kier molecular flexibility index (Phi) is 2.25. The van der Waals surface area contributed by atoms with Crippen LogP contribution in [0.2, 0.25) is 0 Å². The van der Waals surface area contributed by atoms with Gasteiger partial charge in [0.25, 0.3) is 0 Å². The minimum Gasteiger partial charge on any atom is -0.393 e. The zero-order valence-corrected chi connectivity index (χ0v) is 11.0. The van der Waals surface area contributed by atoms with Crippen LogP contribution >= 0.6 is 0 Å². The molecular formula is C15H26O. The first-order valence-electron chi connectivity index (χ1n) is 7.16. The van der Waals surface area contributed by atoms with Gasteiger partial charge in [0.05, 0.1) is 6.10 Å². The normalized spacial score (nSPS) is 54.8. The van der Waals surface area contributed by atoms with Gasteiger partial charge in [0.15, 0.2) is 0 Å². The van der Waals surface area contributed by atoms with E-state index in [0.717, 1.165) is 18.3 Å². The monoisotopic (exact) mass is 222 g/mol. The number of rotatable bonds is 0. The van der Waals surface area contributed by atoms with Crippen molar-refractivity contribution in [3.05, 3.63) is 0 Å². The Hall–Kier alpha value is -0.0400. The molecule has 0 aromatic rings. The van der Waals surface area contributed by atoms with Crippen molar-refractivity contribution in [2.24, 2.45) is 28.6 Å². The molecular weight excluding hydrogens is 196 g/mol. The molecule has 3 aliphatic carbocycles. The molecule has 1 N–H and O–H groups in total. The Balaban J connectivity index is 1.94. The average molecular weight is 222 g/mol. The second kappa shape index (κ2) is 3.25. The van der Waals surface area contributed by atoms with Crippen molar-refractivity contribution in [2.75, 3.05) is 0 Å². The molecule has 3 fully saturated rings. The third-order valence-electron chi connectivity index (χ3n) is 6.59. The summed E-state index contributed by atoms with van der Waals surface area (Å²) in [5.74, 6) is 2.38. The zero-order chi connectivity index (χ0) is 11.6. The summed E-state index contributed by atoms with van der Waals surface area (Å²) in [4.78, 5) is 0. The summed E-state index contributed by atoms with van der Waals surface area (Å²) in [5, 5.41) is 10.4. The van der Waals surface area contributed by atoms with E-state index < -0.39 is 0 Å². The molecule has 0 aromatic carbocycles. The fraction of sp³-hybridized carbons (Fsp3) is 1.00. The zero-order valence-electron chi connectivity index (χ0n) is 11.0. The Morgan fingerprint density at radius 3 is 2.44 bits per heavy atom. The number of aliphatic hydroxyl groups is 1. The van der Waals surface area contributed by atoms with Crippen molar-refractivity contribution in [3.63, 3.8) is 0 Å². The van der Waals surface area contributed by atoms with Gasteiger partial charge in [0.1, 0.15) is 0 Å². The third-order valence-corrected chi connectivity index (χ3v) is 6.59. The molecule has 1 nitrogen and oxygen atoms in total. The van der Waals surface area contributed by atoms with Crippen LogP contribution in [0.15, 0.2) is 0 Å². The van der Waals surface area contributed by atoms with Crippen LogP contribution < -0.4 is 0 Å². The summed E-state index contributed by atoms with van der Waals surface area (Å²) < 4.78 is 0. The minimum absolute atomic E-state index is 0.0145. The molecule has 0 amide bonds. The molecule has 0 spiro atoms. The molecule has 3 aliphatic rings. The Labute approximate surface area is 99.6 Å². The highest BCUT2D eigenvalue weighted by atomic mass is 16.3. The van der Waals surface area contributed by atoms with Crippen LogP contribution in [0.4, 0.5) is 0 Å². The second-order valence-corrected chi connectivity index (χ2v) is 7.37. The molecule has 1 heteroatoms. The summed E-state index contributed by atoms with van der Waals surface area (Å²) >= 11 is 0. The van der Waals surface area contributed by atoms with E-state index in [1.165, 1.54) is 32.1 Å². The molecule has 3 rings (SSSR count). The summed E-state index contributed by atoms with van der Waals surface area (Å²) in [5.41, 5.74) is 0.782. The van der Waals surface area contributed by atoms with Gasteiger partial charge in [-0.1, -0.05) is 40.0 Å². The van der Waals surface area contributed by atoms with Gasteiger partial charge in [-0.3, -0.25) is 0 Å². The largest absolute Gasteiger partial charge is 0.393 e. The number of hydrogen-bond acceptors (Lipinski definition) is 1. The number of hydrogen-bond donors (Lipinski definition) is 1. The van der Waals surface area contributed by atoms with Gasteiger partial charge in [-0.05, 0) is 47.8 Å². The minimum atomic E-state index is -0.0145. The average Bonchev–Trinajstić information content (AvgIpc) is 2.36. The van der Waals surface area contributed by atoms with E-state index in [1.54, 1.807) is 0 Å². The van der Waals surface area contributed by atoms with Crippen LogP contribution in [0.1, 0.15) is 59.3 Å². The summed E-state index contributed by atoms with van der Waals surface area (Å²) in [7, 11) is 0. The SMILES string of the molecule is CC1(C)CC(O)C2C3CCCCCC3C21C. The van der Waals surface area contributed by atoms with Crippen molar-refractivity contribution >= 4 is 0 Å². The lowest BCUT2D eigenvalue weighted by Gasteiger charge is -2.62. The predicted molar refractivity (Wildman–Crippen MR) is 66.1 cm³/mol. The van der Waals surface area contributed by atoms with E-state index in [0.29, 0.717) is 16.7 Å². The highest BCUT2D eigenvalue weighted by Crippen LogP contribution is 2.73. The number of aliphatic hydroxyl groups excluding tert-OH is 1. The molecule has 0 aliphatic heterocycles. The van der Waals surface area contributed by atoms with Gasteiger partial charge in [-0.25, -0.2) is 0 Å². The Morgan fingerprint density at radius 2 is 1.69 bits per heavy atom. The molecule has 0 heterocycles. The van der Waals surface area contributed by atoms with E-state index in [2.05, 4.69) is 20.8 Å². The van der Waals surface area contributed by atoms with Crippen LogP contribution in [0.3, 0.4) is 0 Å². The van der Waals surface area contributed by atoms with Crippen LogP contribution in [0.5, 0.6) is 0 Å². The van der Waals surface area contributed by atoms with Gasteiger partial charge in [-0.15, -0.1) is 0 Å². The van der Waals surface area contributed by atoms with Crippen LogP contribution in [0, 0.1) is 28.6 Å². The highest BCUT2D eigenvalue weighted by molar-refractivity contribution is 5.18. The molecule has 0 radical (unpaired) electrons. The standard InChI is InChI=1S/C15H26O/c1-14(2)9-12(16)13-10-7-5-4-6-8-11(10)15(13,14)3/h10-13,16H,4-9H2,1-3H3. The molecule has 92 valence electrons. The van der Waals surface area contributed by atoms with Crippen LogP contribution in [0.25, 0.3) is 0 Å². The van der Waals surface area contributed by atoms with E-state index in [4.69, 9.17) is 0 Å². The molecule has 0 saturated heterocycles. The van der Waals surface area contributed by atoms with Crippen molar-refractivity contribution in [2.45, 2.75) is 65.4 Å². The van der Waals surface area contributed by atoms with E-state index in [9.17, 15) is 5.11 Å². The summed E-state index contributed by atoms with van der Waals surface area (Å²) in [6.07, 6.45) is 8.08. The fourth-order valence-electron chi connectivity index (χ4n) is 5.59. The smallest absolute Gasteiger partial charge is 0.0582 e. The van der Waals surface area contributed by atoms with Crippen LogP contribution in [-0.4, -0.2) is 11.2 Å². The maximum absolute atomic E-state index is 10.4. The van der Waals surface area contributed by atoms with Crippen LogP contribution in [-0.2, 0) is 0 Å². The van der Waals surface area contributed by atoms with E-state index in [-0.39, 0.29) is 6.10 Å². The van der Waals surface area contributed by atoms with Gasteiger partial charge >= 0.3 is 0 Å². The molecule has 5 unspecified atom stereocenters. The van der Waals surface area contributed by atoms with Gasteiger partial charge in [0.2, 0.25) is 0 Å². The van der Waals surface area contributed by atoms with Crippen molar-refractivity contribution in [1.29, 1.82) is 0 Å². The third kappa shape index (κ3) is 1.11. The maximum atomic E-state index is 10.4. The first-order valence-corrected chi connectivity index (χ1v) is 7.16. The molecule has 3 saturated carbocycles. The quantitative estimate of drug-likeness (QED) is 0.664. The van der Waals surface area contributed by atoms with E-state index in [1.807, 2.05) is 0 Å². The lowest BCUT2D eigenvalue weighted by molar-refractivity contribution is -0.165. The first kappa shape index (κ1) is 11.1. The molecule has 5 atom stereocenters. The fourth-order valence-corrected chi connectivity index (χ4v) is 5.59. The maximum Gasteiger partial charge on any atom is 0.0582 e. The lowest BCUT2D eigenvalue weighted by atomic mass is 9.42. The summed E-state index contributed by atoms with van der Waals surface area (Å²) in [6.45, 7) is 7.25. The van der Waals surface area contributed by atoms with Crippen molar-refractivity contribution in [1.82, 2.24) is 0 Å². The topological polar surface area (TPSA) is 20.2 Å².